The zero-order valence-corrected chi connectivity index (χ0v) is 10.1. The molecule has 1 heterocycles. The van der Waals surface area contributed by atoms with Crippen LogP contribution in [0.25, 0.3) is 0 Å². The van der Waals surface area contributed by atoms with Crippen molar-refractivity contribution in [2.45, 2.75) is 25.1 Å². The molecule has 1 aromatic rings. The summed E-state index contributed by atoms with van der Waals surface area (Å²) in [6, 6.07) is 7.64. The Hall–Kier alpha value is -1.43. The standard InChI is InChI=1S/C13H18N2O3/c16-7-11-3-1-10(2-4-11)6-15-13(5-12(17)18)8-14-9-13/h1-4,14-16H,5-9H2,(H,17,18). The molecule has 0 aliphatic carbocycles. The second kappa shape index (κ2) is 5.48. The lowest BCUT2D eigenvalue weighted by atomic mass is 9.88. The molecule has 1 aliphatic heterocycles. The van der Waals surface area contributed by atoms with Gasteiger partial charge in [0.2, 0.25) is 0 Å². The monoisotopic (exact) mass is 250 g/mol. The molecule has 1 aliphatic rings. The van der Waals surface area contributed by atoms with E-state index in [4.69, 9.17) is 10.2 Å². The fraction of sp³-hybridized carbons (Fsp3) is 0.462. The van der Waals surface area contributed by atoms with E-state index >= 15 is 0 Å². The van der Waals surface area contributed by atoms with Crippen LogP contribution < -0.4 is 10.6 Å². The lowest BCUT2D eigenvalue weighted by Crippen LogP contribution is -2.68. The first-order valence-electron chi connectivity index (χ1n) is 6.00. The van der Waals surface area contributed by atoms with Crippen molar-refractivity contribution >= 4 is 5.97 Å². The summed E-state index contributed by atoms with van der Waals surface area (Å²) in [5.74, 6) is -0.778. The Balaban J connectivity index is 1.91. The summed E-state index contributed by atoms with van der Waals surface area (Å²) in [6.07, 6.45) is 0.134. The molecule has 98 valence electrons. The van der Waals surface area contributed by atoms with Crippen LogP contribution in [0, 0.1) is 0 Å². The number of carbonyl (C=O) groups is 1. The maximum absolute atomic E-state index is 10.8. The van der Waals surface area contributed by atoms with Crippen LogP contribution in [0.1, 0.15) is 17.5 Å². The van der Waals surface area contributed by atoms with Crippen molar-refractivity contribution in [3.8, 4) is 0 Å². The highest BCUT2D eigenvalue weighted by Crippen LogP contribution is 2.17. The molecular weight excluding hydrogens is 232 g/mol. The minimum Gasteiger partial charge on any atom is -0.481 e. The fourth-order valence-corrected chi connectivity index (χ4v) is 2.08. The Bertz CT molecular complexity index is 413. The minimum atomic E-state index is -0.778. The number of carboxylic acid groups (broad SMARTS) is 1. The molecule has 4 N–H and O–H groups in total. The predicted octanol–water partition coefficient (Wildman–Crippen LogP) is 0.0852. The first-order chi connectivity index (χ1) is 8.63. The number of nitrogens with one attached hydrogen (secondary N) is 2. The van der Waals surface area contributed by atoms with Crippen molar-refractivity contribution in [2.24, 2.45) is 0 Å². The lowest BCUT2D eigenvalue weighted by molar-refractivity contribution is -0.139. The van der Waals surface area contributed by atoms with Crippen molar-refractivity contribution in [1.82, 2.24) is 10.6 Å². The third-order valence-electron chi connectivity index (χ3n) is 3.29. The van der Waals surface area contributed by atoms with E-state index in [0.717, 1.165) is 11.1 Å². The van der Waals surface area contributed by atoms with Gasteiger partial charge in [-0.2, -0.15) is 0 Å². The zero-order valence-electron chi connectivity index (χ0n) is 10.1. The number of aliphatic hydroxyl groups excluding tert-OH is 1. The zero-order chi connectivity index (χ0) is 13.0. The number of benzene rings is 1. The molecule has 1 saturated heterocycles. The van der Waals surface area contributed by atoms with E-state index in [2.05, 4.69) is 10.6 Å². The Morgan fingerprint density at radius 3 is 2.33 bits per heavy atom. The van der Waals surface area contributed by atoms with Crippen molar-refractivity contribution in [2.75, 3.05) is 13.1 Å². The molecule has 18 heavy (non-hydrogen) atoms. The number of rotatable bonds is 6. The Kier molecular flexibility index (Phi) is 3.96. The van der Waals surface area contributed by atoms with Gasteiger partial charge in [0.25, 0.3) is 0 Å². The van der Waals surface area contributed by atoms with Gasteiger partial charge in [0, 0.05) is 19.6 Å². The van der Waals surface area contributed by atoms with Gasteiger partial charge in [-0.05, 0) is 11.1 Å². The molecule has 0 saturated carbocycles. The second-order valence-electron chi connectivity index (χ2n) is 4.78. The SMILES string of the molecule is O=C(O)CC1(NCc2ccc(CO)cc2)CNC1. The topological polar surface area (TPSA) is 81.6 Å². The van der Waals surface area contributed by atoms with Gasteiger partial charge in [-0.3, -0.25) is 4.79 Å². The van der Waals surface area contributed by atoms with Crippen molar-refractivity contribution in [3.63, 3.8) is 0 Å². The molecule has 0 atom stereocenters. The third kappa shape index (κ3) is 3.07. The normalized spacial score (nSPS) is 17.2. The Labute approximate surface area is 106 Å². The van der Waals surface area contributed by atoms with Gasteiger partial charge in [-0.1, -0.05) is 24.3 Å². The van der Waals surface area contributed by atoms with Crippen LogP contribution in [-0.4, -0.2) is 34.8 Å². The number of aliphatic hydroxyl groups is 1. The highest BCUT2D eigenvalue weighted by Gasteiger charge is 2.38. The summed E-state index contributed by atoms with van der Waals surface area (Å²) < 4.78 is 0. The van der Waals surface area contributed by atoms with Crippen molar-refractivity contribution in [1.29, 1.82) is 0 Å². The van der Waals surface area contributed by atoms with Crippen LogP contribution in [0.4, 0.5) is 0 Å². The molecule has 0 amide bonds. The van der Waals surface area contributed by atoms with Crippen LogP contribution in [0.5, 0.6) is 0 Å². The highest BCUT2D eigenvalue weighted by atomic mass is 16.4. The van der Waals surface area contributed by atoms with Gasteiger partial charge in [-0.15, -0.1) is 0 Å². The van der Waals surface area contributed by atoms with Gasteiger partial charge in [-0.25, -0.2) is 0 Å². The molecule has 1 aromatic carbocycles. The molecule has 1 fully saturated rings. The maximum atomic E-state index is 10.8. The van der Waals surface area contributed by atoms with E-state index in [9.17, 15) is 4.79 Å². The van der Waals surface area contributed by atoms with E-state index in [1.165, 1.54) is 0 Å². The van der Waals surface area contributed by atoms with Crippen LogP contribution in [0.2, 0.25) is 0 Å². The maximum Gasteiger partial charge on any atom is 0.305 e. The van der Waals surface area contributed by atoms with Crippen LogP contribution >= 0.6 is 0 Å². The fourth-order valence-electron chi connectivity index (χ4n) is 2.08. The van der Waals surface area contributed by atoms with Gasteiger partial charge >= 0.3 is 5.97 Å². The highest BCUT2D eigenvalue weighted by molar-refractivity contribution is 5.68. The van der Waals surface area contributed by atoms with Crippen LogP contribution in [0.3, 0.4) is 0 Å². The molecule has 0 unspecified atom stereocenters. The molecule has 0 aromatic heterocycles. The summed E-state index contributed by atoms with van der Waals surface area (Å²) in [5.41, 5.74) is 1.65. The van der Waals surface area contributed by atoms with E-state index in [1.54, 1.807) is 0 Å². The third-order valence-corrected chi connectivity index (χ3v) is 3.29. The van der Waals surface area contributed by atoms with E-state index in [0.29, 0.717) is 19.6 Å². The average molecular weight is 250 g/mol. The number of aliphatic carboxylic acids is 1. The summed E-state index contributed by atoms with van der Waals surface area (Å²) >= 11 is 0. The average Bonchev–Trinajstić information content (AvgIpc) is 2.32. The molecule has 0 bridgehead atoms. The Morgan fingerprint density at radius 2 is 1.89 bits per heavy atom. The second-order valence-corrected chi connectivity index (χ2v) is 4.78. The van der Waals surface area contributed by atoms with E-state index < -0.39 is 5.97 Å². The van der Waals surface area contributed by atoms with Gasteiger partial charge in [0.05, 0.1) is 18.6 Å². The summed E-state index contributed by atoms with van der Waals surface area (Å²) in [4.78, 5) is 10.8. The van der Waals surface area contributed by atoms with Gasteiger partial charge in [0.1, 0.15) is 0 Å². The van der Waals surface area contributed by atoms with E-state index in [-0.39, 0.29) is 18.6 Å². The lowest BCUT2D eigenvalue weighted by Gasteiger charge is -2.42. The van der Waals surface area contributed by atoms with E-state index in [1.807, 2.05) is 24.3 Å². The van der Waals surface area contributed by atoms with Crippen LogP contribution in [-0.2, 0) is 17.9 Å². The Morgan fingerprint density at radius 1 is 1.28 bits per heavy atom. The summed E-state index contributed by atoms with van der Waals surface area (Å²) in [6.45, 7) is 2.06. The number of hydrogen-bond acceptors (Lipinski definition) is 4. The van der Waals surface area contributed by atoms with Crippen molar-refractivity contribution < 1.29 is 15.0 Å². The summed E-state index contributed by atoms with van der Waals surface area (Å²) in [5, 5.41) is 24.2. The molecule has 0 spiro atoms. The first kappa shape index (κ1) is 13.0. The predicted molar refractivity (Wildman–Crippen MR) is 67.1 cm³/mol. The quantitative estimate of drug-likeness (QED) is 0.575. The van der Waals surface area contributed by atoms with Gasteiger partial charge in [0.15, 0.2) is 0 Å². The molecular formula is C13H18N2O3. The number of carboxylic acids is 1. The van der Waals surface area contributed by atoms with Crippen molar-refractivity contribution in [3.05, 3.63) is 35.4 Å². The summed E-state index contributed by atoms with van der Waals surface area (Å²) in [7, 11) is 0. The molecule has 5 nitrogen and oxygen atoms in total. The smallest absolute Gasteiger partial charge is 0.305 e. The molecule has 5 heteroatoms. The van der Waals surface area contributed by atoms with Gasteiger partial charge < -0.3 is 20.8 Å². The first-order valence-corrected chi connectivity index (χ1v) is 6.00. The van der Waals surface area contributed by atoms with Crippen LogP contribution in [0.15, 0.2) is 24.3 Å². The largest absolute Gasteiger partial charge is 0.481 e. The minimum absolute atomic E-state index is 0.0422. The molecule has 2 rings (SSSR count). The number of hydrogen-bond donors (Lipinski definition) is 4. The molecule has 0 radical (unpaired) electrons.